The van der Waals surface area contributed by atoms with E-state index < -0.39 is 11.9 Å². The summed E-state index contributed by atoms with van der Waals surface area (Å²) < 4.78 is 15.8. The van der Waals surface area contributed by atoms with Crippen LogP contribution in [0, 0.1) is 6.92 Å². The average Bonchev–Trinajstić information content (AvgIpc) is 3.32. The van der Waals surface area contributed by atoms with Gasteiger partial charge in [0.05, 0.1) is 24.6 Å². The number of anilines is 1. The summed E-state index contributed by atoms with van der Waals surface area (Å²) in [6.45, 7) is 5.68. The van der Waals surface area contributed by atoms with Gasteiger partial charge in [-0.15, -0.1) is 10.2 Å². The van der Waals surface area contributed by atoms with Crippen LogP contribution in [-0.4, -0.2) is 49.7 Å². The molecule has 29 heavy (non-hydrogen) atoms. The Hall–Kier alpha value is -2.99. The van der Waals surface area contributed by atoms with Gasteiger partial charge in [0.25, 0.3) is 0 Å². The van der Waals surface area contributed by atoms with Gasteiger partial charge in [-0.3, -0.25) is 0 Å². The fraction of sp³-hybridized carbons (Fsp3) is 0.294. The largest absolute Gasteiger partial charge is 0.461 e. The number of rotatable bonds is 7. The molecule has 0 aliphatic carbocycles. The van der Waals surface area contributed by atoms with Gasteiger partial charge in [0.2, 0.25) is 5.69 Å². The van der Waals surface area contributed by atoms with Crippen LogP contribution >= 0.6 is 23.3 Å². The van der Waals surface area contributed by atoms with Crippen molar-refractivity contribution >= 4 is 40.9 Å². The van der Waals surface area contributed by atoms with Crippen LogP contribution < -0.4 is 5.73 Å². The van der Waals surface area contributed by atoms with E-state index in [0.717, 1.165) is 28.9 Å². The lowest BCUT2D eigenvalue weighted by molar-refractivity contribution is 0.0507. The number of benzene rings is 1. The van der Waals surface area contributed by atoms with E-state index in [1.54, 1.807) is 19.9 Å². The average molecular weight is 435 g/mol. The van der Waals surface area contributed by atoms with Crippen LogP contribution in [0.25, 0.3) is 5.69 Å². The molecule has 0 aliphatic heterocycles. The molecule has 0 spiro atoms. The van der Waals surface area contributed by atoms with Crippen LogP contribution in [0.5, 0.6) is 0 Å². The highest BCUT2D eigenvalue weighted by molar-refractivity contribution is 8.01. The zero-order chi connectivity index (χ0) is 21.0. The Morgan fingerprint density at radius 3 is 2.52 bits per heavy atom. The van der Waals surface area contributed by atoms with E-state index in [9.17, 15) is 9.59 Å². The molecule has 3 rings (SSSR count). The molecule has 0 amide bonds. The zero-order valence-corrected chi connectivity index (χ0v) is 17.5. The molecule has 1 aromatic carbocycles. The Labute approximate surface area is 174 Å². The molecule has 0 saturated carbocycles. The fourth-order valence-corrected chi connectivity index (χ4v) is 4.08. The third-order valence-electron chi connectivity index (χ3n) is 3.63. The van der Waals surface area contributed by atoms with E-state index in [-0.39, 0.29) is 24.6 Å². The highest BCUT2D eigenvalue weighted by atomic mass is 32.2. The Morgan fingerprint density at radius 2 is 1.83 bits per heavy atom. The summed E-state index contributed by atoms with van der Waals surface area (Å²) >= 11 is 2.07. The number of nitrogen functional groups attached to an aromatic ring is 1. The van der Waals surface area contributed by atoms with Gasteiger partial charge >= 0.3 is 11.9 Å². The fourth-order valence-electron chi connectivity index (χ4n) is 2.35. The van der Waals surface area contributed by atoms with E-state index in [4.69, 9.17) is 15.2 Å². The topological polar surface area (TPSA) is 135 Å². The van der Waals surface area contributed by atoms with Gasteiger partial charge in [-0.1, -0.05) is 27.5 Å². The quantitative estimate of drug-likeness (QED) is 0.436. The van der Waals surface area contributed by atoms with Crippen LogP contribution in [0.4, 0.5) is 5.69 Å². The third-order valence-corrected chi connectivity index (χ3v) is 5.56. The molecule has 0 bridgehead atoms. The molecule has 12 heteroatoms. The minimum Gasteiger partial charge on any atom is -0.461 e. The Morgan fingerprint density at radius 1 is 1.14 bits per heavy atom. The summed E-state index contributed by atoms with van der Waals surface area (Å²) in [4.78, 5) is 24.6. The van der Waals surface area contributed by atoms with Gasteiger partial charge in [-0.05, 0) is 50.0 Å². The van der Waals surface area contributed by atoms with Crippen molar-refractivity contribution in [3.05, 3.63) is 35.2 Å². The summed E-state index contributed by atoms with van der Waals surface area (Å²) in [6, 6.07) is 5.42. The van der Waals surface area contributed by atoms with Crippen molar-refractivity contribution in [2.24, 2.45) is 0 Å². The maximum atomic E-state index is 12.4. The Balaban J connectivity index is 2.10. The second-order valence-corrected chi connectivity index (χ2v) is 7.68. The first-order valence-electron chi connectivity index (χ1n) is 8.62. The van der Waals surface area contributed by atoms with Crippen LogP contribution in [0.2, 0.25) is 0 Å². The number of carbonyl (C=O) groups is 2. The Bertz CT molecular complexity index is 1050. The highest BCUT2D eigenvalue weighted by Crippen LogP contribution is 2.36. The van der Waals surface area contributed by atoms with Crippen molar-refractivity contribution < 1.29 is 19.1 Å². The molecular weight excluding hydrogens is 416 g/mol. The minimum atomic E-state index is -0.636. The van der Waals surface area contributed by atoms with Crippen LogP contribution in [-0.2, 0) is 9.47 Å². The number of nitrogens with zero attached hydrogens (tertiary/aromatic N) is 5. The Kier molecular flexibility index (Phi) is 6.44. The number of aryl methyl sites for hydroxylation is 1. The zero-order valence-electron chi connectivity index (χ0n) is 15.9. The van der Waals surface area contributed by atoms with Gasteiger partial charge < -0.3 is 15.2 Å². The van der Waals surface area contributed by atoms with Gasteiger partial charge in [0, 0.05) is 0 Å². The van der Waals surface area contributed by atoms with Crippen molar-refractivity contribution in [2.45, 2.75) is 30.0 Å². The number of nitrogens with two attached hydrogens (primary N) is 1. The molecule has 3 aromatic rings. The van der Waals surface area contributed by atoms with Crippen LogP contribution in [0.15, 0.2) is 27.4 Å². The van der Waals surface area contributed by atoms with Crippen molar-refractivity contribution in [1.82, 2.24) is 24.6 Å². The second-order valence-electron chi connectivity index (χ2n) is 5.67. The molecule has 2 heterocycles. The normalized spacial score (nSPS) is 10.7. The SMILES string of the molecule is CCOC(=O)c1nnsc1Sc1c(C(=O)OCC)nnn1-c1cc(C)ccc1N. The van der Waals surface area contributed by atoms with Crippen LogP contribution in [0.1, 0.15) is 40.4 Å². The predicted molar refractivity (Wildman–Crippen MR) is 106 cm³/mol. The summed E-state index contributed by atoms with van der Waals surface area (Å²) in [5.41, 5.74) is 8.12. The van der Waals surface area contributed by atoms with E-state index in [1.807, 2.05) is 19.1 Å². The number of ether oxygens (including phenoxy) is 2. The number of aromatic nitrogens is 5. The van der Waals surface area contributed by atoms with E-state index in [2.05, 4.69) is 19.9 Å². The predicted octanol–water partition coefficient (Wildman–Crippen LogP) is 2.51. The third kappa shape index (κ3) is 4.38. The maximum Gasteiger partial charge on any atom is 0.361 e. The number of hydrogen-bond acceptors (Lipinski definition) is 11. The van der Waals surface area contributed by atoms with Crippen LogP contribution in [0.3, 0.4) is 0 Å². The first-order chi connectivity index (χ1) is 14.0. The molecule has 0 atom stereocenters. The monoisotopic (exact) mass is 434 g/mol. The summed E-state index contributed by atoms with van der Waals surface area (Å²) in [7, 11) is 0. The summed E-state index contributed by atoms with van der Waals surface area (Å²) in [5.74, 6) is -1.24. The summed E-state index contributed by atoms with van der Waals surface area (Å²) in [5, 5.41) is 12.3. The molecular formula is C17H18N6O4S2. The molecule has 2 aromatic heterocycles. The summed E-state index contributed by atoms with van der Waals surface area (Å²) in [6.07, 6.45) is 0. The van der Waals surface area contributed by atoms with E-state index >= 15 is 0 Å². The van der Waals surface area contributed by atoms with Gasteiger partial charge in [-0.25, -0.2) is 14.3 Å². The van der Waals surface area contributed by atoms with Crippen molar-refractivity contribution in [3.63, 3.8) is 0 Å². The number of carbonyl (C=O) groups excluding carboxylic acids is 2. The lowest BCUT2D eigenvalue weighted by Gasteiger charge is -2.10. The molecule has 10 nitrogen and oxygen atoms in total. The second kappa shape index (κ2) is 9.01. The molecule has 0 aliphatic rings. The molecule has 0 fully saturated rings. The maximum absolute atomic E-state index is 12.4. The number of hydrogen-bond donors (Lipinski definition) is 1. The van der Waals surface area contributed by atoms with Crippen molar-refractivity contribution in [3.8, 4) is 5.69 Å². The highest BCUT2D eigenvalue weighted by Gasteiger charge is 2.27. The van der Waals surface area contributed by atoms with E-state index in [1.165, 1.54) is 4.68 Å². The molecule has 2 N–H and O–H groups in total. The first-order valence-corrected chi connectivity index (χ1v) is 10.2. The molecule has 0 unspecified atom stereocenters. The lowest BCUT2D eigenvalue weighted by Crippen LogP contribution is -2.09. The molecule has 152 valence electrons. The minimum absolute atomic E-state index is 0.000894. The molecule has 0 radical (unpaired) electrons. The van der Waals surface area contributed by atoms with Gasteiger partial charge in [-0.2, -0.15) is 0 Å². The van der Waals surface area contributed by atoms with E-state index in [0.29, 0.717) is 20.6 Å². The standard InChI is InChI=1S/C17H18N6O4S2/c1-4-26-15(24)12-14(28-17-13(20-22-29-17)16(25)27-5-2)23(21-19-12)11-8-9(3)6-7-10(11)18/h6-8H,4-5,18H2,1-3H3. The van der Waals surface area contributed by atoms with Gasteiger partial charge in [0.1, 0.15) is 9.24 Å². The first kappa shape index (κ1) is 20.7. The smallest absolute Gasteiger partial charge is 0.361 e. The van der Waals surface area contributed by atoms with Crippen molar-refractivity contribution in [1.29, 1.82) is 0 Å². The number of esters is 2. The van der Waals surface area contributed by atoms with Crippen molar-refractivity contribution in [2.75, 3.05) is 18.9 Å². The van der Waals surface area contributed by atoms with Gasteiger partial charge in [0.15, 0.2) is 5.69 Å². The molecule has 0 saturated heterocycles. The lowest BCUT2D eigenvalue weighted by atomic mass is 10.2.